The summed E-state index contributed by atoms with van der Waals surface area (Å²) in [5.74, 6) is 0. The highest BCUT2D eigenvalue weighted by atomic mass is 16.5. The first-order valence-corrected chi connectivity index (χ1v) is 6.16. The molecule has 20 heavy (non-hydrogen) atoms. The number of benzene rings is 1. The molecule has 4 N–H and O–H groups in total. The first-order chi connectivity index (χ1) is 9.60. The zero-order chi connectivity index (χ0) is 15.2. The summed E-state index contributed by atoms with van der Waals surface area (Å²) in [5, 5.41) is 21.3. The van der Waals surface area contributed by atoms with Gasteiger partial charge in [-0.1, -0.05) is 18.2 Å². The monoisotopic (exact) mass is 284 g/mol. The van der Waals surface area contributed by atoms with E-state index in [4.69, 9.17) is 10.2 Å². The lowest BCUT2D eigenvalue weighted by atomic mass is 10.3. The lowest BCUT2D eigenvalue weighted by Crippen LogP contribution is -2.25. The maximum Gasteiger partial charge on any atom is 0.409 e. The normalized spacial score (nSPS) is 8.90. The fourth-order valence-electron chi connectivity index (χ4n) is 1.10. The van der Waals surface area contributed by atoms with E-state index < -0.39 is 12.2 Å². The second-order valence-corrected chi connectivity index (χ2v) is 3.52. The Morgan fingerprint density at radius 1 is 1.25 bits per heavy atom. The van der Waals surface area contributed by atoms with E-state index in [1.54, 1.807) is 31.2 Å². The van der Waals surface area contributed by atoms with Gasteiger partial charge < -0.3 is 20.3 Å². The summed E-state index contributed by atoms with van der Waals surface area (Å²) in [4.78, 5) is 20.6. The molecule has 112 valence electrons. The second kappa shape index (κ2) is 11.8. The molecule has 0 unspecified atom stereocenters. The zero-order valence-corrected chi connectivity index (χ0v) is 11.3. The molecule has 0 atom stereocenters. The van der Waals surface area contributed by atoms with Crippen molar-refractivity contribution in [1.82, 2.24) is 5.32 Å². The van der Waals surface area contributed by atoms with Crippen LogP contribution in [-0.4, -0.2) is 42.2 Å². The van der Waals surface area contributed by atoms with Gasteiger partial charge in [-0.2, -0.15) is 0 Å². The third-order valence-corrected chi connectivity index (χ3v) is 1.90. The Bertz CT molecular complexity index is 384. The van der Waals surface area contributed by atoms with Crippen LogP contribution in [0, 0.1) is 0 Å². The summed E-state index contributed by atoms with van der Waals surface area (Å²) in [7, 11) is 0. The van der Waals surface area contributed by atoms with Gasteiger partial charge in [-0.15, -0.1) is 0 Å². The Kier molecular flexibility index (Phi) is 10.4. The standard InChI is InChI=1S/C7H7NO2.C6H13NO3/c9-7(10)8-6-4-2-1-3-5-6;1-2-10-6(9)7-4-3-5-8/h1-5,8H,(H,9,10);8H,2-5H2,1H3,(H,7,9). The Morgan fingerprint density at radius 2 is 1.90 bits per heavy atom. The van der Waals surface area contributed by atoms with Crippen molar-refractivity contribution < 1.29 is 24.5 Å². The van der Waals surface area contributed by atoms with E-state index in [-0.39, 0.29) is 6.61 Å². The summed E-state index contributed by atoms with van der Waals surface area (Å²) in [6.45, 7) is 2.68. The number of nitrogens with one attached hydrogen (secondary N) is 2. The molecule has 2 amide bonds. The fourth-order valence-corrected chi connectivity index (χ4v) is 1.10. The molecule has 1 aromatic carbocycles. The minimum Gasteiger partial charge on any atom is -0.465 e. The van der Waals surface area contributed by atoms with Crippen molar-refractivity contribution in [2.45, 2.75) is 13.3 Å². The first kappa shape index (κ1) is 17.7. The van der Waals surface area contributed by atoms with Crippen molar-refractivity contribution in [2.24, 2.45) is 0 Å². The molecule has 0 aliphatic carbocycles. The number of para-hydroxylation sites is 1. The topological polar surface area (TPSA) is 108 Å². The number of carboxylic acid groups (broad SMARTS) is 1. The van der Waals surface area contributed by atoms with E-state index in [9.17, 15) is 9.59 Å². The summed E-state index contributed by atoms with van der Waals surface area (Å²) in [6, 6.07) is 8.74. The molecule has 0 bridgehead atoms. The minimum absolute atomic E-state index is 0.0897. The molecular weight excluding hydrogens is 264 g/mol. The highest BCUT2D eigenvalue weighted by molar-refractivity contribution is 5.82. The third-order valence-electron chi connectivity index (χ3n) is 1.90. The predicted molar refractivity (Wildman–Crippen MR) is 74.8 cm³/mol. The molecule has 0 fully saturated rings. The van der Waals surface area contributed by atoms with Crippen LogP contribution in [0.25, 0.3) is 0 Å². The summed E-state index contributed by atoms with van der Waals surface area (Å²) < 4.78 is 4.56. The minimum atomic E-state index is -1.04. The Balaban J connectivity index is 0.000000361. The van der Waals surface area contributed by atoms with Crippen LogP contribution in [0.4, 0.5) is 15.3 Å². The number of aliphatic hydroxyl groups is 1. The number of rotatable bonds is 5. The average Bonchev–Trinajstić information content (AvgIpc) is 2.40. The number of alkyl carbamates (subject to hydrolysis) is 1. The maximum absolute atomic E-state index is 10.5. The van der Waals surface area contributed by atoms with Crippen molar-refractivity contribution in [3.8, 4) is 0 Å². The fraction of sp³-hybridized carbons (Fsp3) is 0.385. The van der Waals surface area contributed by atoms with Gasteiger partial charge in [0.2, 0.25) is 0 Å². The smallest absolute Gasteiger partial charge is 0.409 e. The lowest BCUT2D eigenvalue weighted by molar-refractivity contribution is 0.151. The number of hydrogen-bond donors (Lipinski definition) is 4. The molecule has 0 aromatic heterocycles. The number of amides is 2. The molecule has 0 aliphatic rings. The molecule has 0 spiro atoms. The van der Waals surface area contributed by atoms with Crippen LogP contribution in [0.2, 0.25) is 0 Å². The molecule has 7 heteroatoms. The van der Waals surface area contributed by atoms with Crippen LogP contribution < -0.4 is 10.6 Å². The molecular formula is C13H20N2O5. The van der Waals surface area contributed by atoms with E-state index >= 15 is 0 Å². The number of anilines is 1. The van der Waals surface area contributed by atoms with Crippen molar-refractivity contribution in [3.63, 3.8) is 0 Å². The number of carbonyl (C=O) groups excluding carboxylic acids is 1. The zero-order valence-electron chi connectivity index (χ0n) is 11.3. The van der Waals surface area contributed by atoms with Crippen LogP contribution in [0.3, 0.4) is 0 Å². The summed E-state index contributed by atoms with van der Waals surface area (Å²) in [6.07, 6.45) is -0.888. The van der Waals surface area contributed by atoms with Crippen LogP contribution >= 0.6 is 0 Å². The molecule has 7 nitrogen and oxygen atoms in total. The summed E-state index contributed by atoms with van der Waals surface area (Å²) in [5.41, 5.74) is 0.593. The van der Waals surface area contributed by atoms with Gasteiger partial charge in [0.15, 0.2) is 0 Å². The van der Waals surface area contributed by atoms with E-state index in [1.165, 1.54) is 0 Å². The largest absolute Gasteiger partial charge is 0.465 e. The Morgan fingerprint density at radius 3 is 2.40 bits per heavy atom. The van der Waals surface area contributed by atoms with E-state index in [0.29, 0.717) is 25.3 Å². The molecule has 0 heterocycles. The number of aliphatic hydroxyl groups excluding tert-OH is 1. The van der Waals surface area contributed by atoms with Gasteiger partial charge in [0.25, 0.3) is 0 Å². The van der Waals surface area contributed by atoms with Crippen LogP contribution in [0.1, 0.15) is 13.3 Å². The summed E-state index contributed by atoms with van der Waals surface area (Å²) >= 11 is 0. The maximum atomic E-state index is 10.5. The van der Waals surface area contributed by atoms with E-state index in [1.807, 2.05) is 6.07 Å². The van der Waals surface area contributed by atoms with Crippen LogP contribution in [0.5, 0.6) is 0 Å². The Labute approximate surface area is 117 Å². The van der Waals surface area contributed by atoms with Gasteiger partial charge in [0, 0.05) is 18.8 Å². The number of hydrogen-bond acceptors (Lipinski definition) is 4. The molecule has 1 rings (SSSR count). The molecule has 0 saturated heterocycles. The van der Waals surface area contributed by atoms with Crippen molar-refractivity contribution in [1.29, 1.82) is 0 Å². The predicted octanol–water partition coefficient (Wildman–Crippen LogP) is 1.89. The van der Waals surface area contributed by atoms with Gasteiger partial charge >= 0.3 is 12.2 Å². The first-order valence-electron chi connectivity index (χ1n) is 6.16. The molecule has 1 aromatic rings. The van der Waals surface area contributed by atoms with Gasteiger partial charge in [0.05, 0.1) is 6.61 Å². The van der Waals surface area contributed by atoms with Gasteiger partial charge in [-0.05, 0) is 25.5 Å². The highest BCUT2D eigenvalue weighted by Gasteiger charge is 1.96. The SMILES string of the molecule is CCOC(=O)NCCCO.O=C(O)Nc1ccccc1. The van der Waals surface area contributed by atoms with Gasteiger partial charge in [-0.3, -0.25) is 5.32 Å². The highest BCUT2D eigenvalue weighted by Crippen LogP contribution is 2.03. The third kappa shape index (κ3) is 10.8. The molecule has 0 saturated carbocycles. The quantitative estimate of drug-likeness (QED) is 0.617. The second-order valence-electron chi connectivity index (χ2n) is 3.52. The lowest BCUT2D eigenvalue weighted by Gasteiger charge is -2.02. The van der Waals surface area contributed by atoms with Gasteiger partial charge in [-0.25, -0.2) is 9.59 Å². The van der Waals surface area contributed by atoms with Crippen LogP contribution in [0.15, 0.2) is 30.3 Å². The average molecular weight is 284 g/mol. The van der Waals surface area contributed by atoms with Crippen molar-refractivity contribution in [3.05, 3.63) is 30.3 Å². The van der Waals surface area contributed by atoms with Crippen LogP contribution in [-0.2, 0) is 4.74 Å². The number of carbonyl (C=O) groups is 2. The van der Waals surface area contributed by atoms with E-state index in [2.05, 4.69) is 15.4 Å². The van der Waals surface area contributed by atoms with Crippen molar-refractivity contribution >= 4 is 17.9 Å². The van der Waals surface area contributed by atoms with Crippen molar-refractivity contribution in [2.75, 3.05) is 25.1 Å². The van der Waals surface area contributed by atoms with Gasteiger partial charge in [0.1, 0.15) is 0 Å². The molecule has 0 radical (unpaired) electrons. The van der Waals surface area contributed by atoms with E-state index in [0.717, 1.165) is 0 Å². The molecule has 0 aliphatic heterocycles. The Hall–Kier alpha value is -2.28. The number of ether oxygens (including phenoxy) is 1.